The number of rotatable bonds is 4. The Hall–Kier alpha value is -3.18. The zero-order chi connectivity index (χ0) is 18.8. The van der Waals surface area contributed by atoms with Gasteiger partial charge in [0, 0.05) is 23.6 Å². The van der Waals surface area contributed by atoms with Gasteiger partial charge in [0.05, 0.1) is 22.4 Å². The van der Waals surface area contributed by atoms with Gasteiger partial charge in [-0.1, -0.05) is 54.1 Å². The molecule has 6 heteroatoms. The molecule has 3 aromatic carbocycles. The van der Waals surface area contributed by atoms with E-state index in [-0.39, 0.29) is 16.7 Å². The summed E-state index contributed by atoms with van der Waals surface area (Å²) in [6, 6.07) is 24.2. The Bertz CT molecular complexity index is 986. The average Bonchev–Trinajstić information content (AvgIpc) is 3.15. The van der Waals surface area contributed by atoms with Gasteiger partial charge in [0.15, 0.2) is 0 Å². The van der Waals surface area contributed by atoms with E-state index >= 15 is 0 Å². The van der Waals surface area contributed by atoms with Crippen molar-refractivity contribution in [3.8, 4) is 0 Å². The van der Waals surface area contributed by atoms with Gasteiger partial charge in [-0.2, -0.15) is 5.10 Å². The second kappa shape index (κ2) is 7.21. The normalized spacial score (nSPS) is 16.3. The number of para-hydroxylation sites is 1. The van der Waals surface area contributed by atoms with Gasteiger partial charge in [0.2, 0.25) is 0 Å². The second-order valence-electron chi connectivity index (χ2n) is 6.30. The fourth-order valence-corrected chi connectivity index (χ4v) is 3.35. The van der Waals surface area contributed by atoms with E-state index in [4.69, 9.17) is 16.7 Å². The summed E-state index contributed by atoms with van der Waals surface area (Å²) in [6.45, 7) is 0. The summed E-state index contributed by atoms with van der Waals surface area (Å²) in [7, 11) is 0. The van der Waals surface area contributed by atoms with Crippen molar-refractivity contribution in [1.29, 1.82) is 0 Å². The number of hydrogen-bond acceptors (Lipinski definition) is 4. The van der Waals surface area contributed by atoms with Crippen LogP contribution in [0.15, 0.2) is 84.0 Å². The maximum atomic E-state index is 10.9. The molecule has 0 N–H and O–H groups in total. The SMILES string of the molecule is O=[N+]([O-])c1ccc(C2CC(c3ccc(Cl)cc3)=NN2c2ccccc2)cc1. The Morgan fingerprint density at radius 3 is 2.26 bits per heavy atom. The Morgan fingerprint density at radius 2 is 1.63 bits per heavy atom. The van der Waals surface area contributed by atoms with Gasteiger partial charge in [-0.15, -0.1) is 0 Å². The van der Waals surface area contributed by atoms with Crippen molar-refractivity contribution in [2.75, 3.05) is 5.01 Å². The van der Waals surface area contributed by atoms with Gasteiger partial charge in [-0.3, -0.25) is 15.1 Å². The third kappa shape index (κ3) is 3.55. The van der Waals surface area contributed by atoms with Crippen molar-refractivity contribution in [1.82, 2.24) is 0 Å². The quantitative estimate of drug-likeness (QED) is 0.439. The number of non-ortho nitro benzene ring substituents is 1. The molecule has 0 aromatic heterocycles. The monoisotopic (exact) mass is 377 g/mol. The van der Waals surface area contributed by atoms with E-state index in [0.29, 0.717) is 11.4 Å². The summed E-state index contributed by atoms with van der Waals surface area (Å²) in [5.74, 6) is 0. The molecule has 1 unspecified atom stereocenters. The lowest BCUT2D eigenvalue weighted by Crippen LogP contribution is -2.18. The van der Waals surface area contributed by atoms with Crippen LogP contribution in [-0.4, -0.2) is 10.6 Å². The summed E-state index contributed by atoms with van der Waals surface area (Å²) in [6.07, 6.45) is 0.703. The first-order valence-corrected chi connectivity index (χ1v) is 8.92. The highest BCUT2D eigenvalue weighted by atomic mass is 35.5. The molecule has 0 radical (unpaired) electrons. The number of hydrogen-bond donors (Lipinski definition) is 0. The van der Waals surface area contributed by atoms with Gasteiger partial charge >= 0.3 is 0 Å². The second-order valence-corrected chi connectivity index (χ2v) is 6.74. The van der Waals surface area contributed by atoms with Gasteiger partial charge in [0.25, 0.3) is 5.69 Å². The van der Waals surface area contributed by atoms with Crippen LogP contribution in [0.5, 0.6) is 0 Å². The number of anilines is 1. The van der Waals surface area contributed by atoms with Crippen LogP contribution in [0.3, 0.4) is 0 Å². The number of halogens is 1. The Kier molecular flexibility index (Phi) is 4.60. The van der Waals surface area contributed by atoms with Crippen LogP contribution in [0.4, 0.5) is 11.4 Å². The molecule has 0 aliphatic carbocycles. The Labute approximate surface area is 161 Å². The zero-order valence-corrected chi connectivity index (χ0v) is 15.1. The van der Waals surface area contributed by atoms with Gasteiger partial charge in [0.1, 0.15) is 0 Å². The van der Waals surface area contributed by atoms with E-state index in [1.807, 2.05) is 59.6 Å². The predicted octanol–water partition coefficient (Wildman–Crippen LogP) is 5.60. The molecule has 0 saturated carbocycles. The third-order valence-corrected chi connectivity index (χ3v) is 4.85. The van der Waals surface area contributed by atoms with Crippen molar-refractivity contribution in [2.45, 2.75) is 12.5 Å². The molecule has 5 nitrogen and oxygen atoms in total. The molecule has 134 valence electrons. The predicted molar refractivity (Wildman–Crippen MR) is 107 cm³/mol. The summed E-state index contributed by atoms with van der Waals surface area (Å²) < 4.78 is 0. The molecule has 27 heavy (non-hydrogen) atoms. The lowest BCUT2D eigenvalue weighted by Gasteiger charge is -2.23. The van der Waals surface area contributed by atoms with E-state index in [1.165, 1.54) is 0 Å². The largest absolute Gasteiger partial charge is 0.269 e. The minimum absolute atomic E-state index is 0.0288. The van der Waals surface area contributed by atoms with E-state index in [2.05, 4.69) is 0 Å². The van der Waals surface area contributed by atoms with E-state index in [1.54, 1.807) is 24.3 Å². The zero-order valence-electron chi connectivity index (χ0n) is 14.3. The molecule has 0 fully saturated rings. The maximum absolute atomic E-state index is 10.9. The molecule has 1 aliphatic rings. The van der Waals surface area contributed by atoms with Crippen molar-refractivity contribution in [3.05, 3.63) is 105 Å². The molecule has 1 aliphatic heterocycles. The minimum Gasteiger partial charge on any atom is -0.258 e. The van der Waals surface area contributed by atoms with Crippen molar-refractivity contribution in [2.24, 2.45) is 5.10 Å². The van der Waals surface area contributed by atoms with Crippen molar-refractivity contribution >= 4 is 28.7 Å². The van der Waals surface area contributed by atoms with E-state index in [9.17, 15) is 10.1 Å². The molecule has 3 aromatic rings. The highest BCUT2D eigenvalue weighted by Gasteiger charge is 2.30. The summed E-state index contributed by atoms with van der Waals surface area (Å²) in [5.41, 5.74) is 4.02. The van der Waals surface area contributed by atoms with Crippen LogP contribution in [0.2, 0.25) is 5.02 Å². The molecule has 1 atom stereocenters. The first-order chi connectivity index (χ1) is 13.1. The molecule has 0 spiro atoms. The van der Waals surface area contributed by atoms with Gasteiger partial charge in [-0.05, 0) is 35.4 Å². The Balaban J connectivity index is 1.71. The summed E-state index contributed by atoms with van der Waals surface area (Å²) >= 11 is 6.00. The molecule has 0 bridgehead atoms. The molecule has 1 heterocycles. The van der Waals surface area contributed by atoms with Gasteiger partial charge in [-0.25, -0.2) is 0 Å². The standard InChI is InChI=1S/C21H16ClN3O2/c22-17-10-6-15(7-11-17)20-14-21(16-8-12-19(13-9-16)25(26)27)24(23-20)18-4-2-1-3-5-18/h1-13,21H,14H2. The molecule has 4 rings (SSSR count). The van der Waals surface area contributed by atoms with Crippen LogP contribution >= 0.6 is 11.6 Å². The Morgan fingerprint density at radius 1 is 0.963 bits per heavy atom. The number of nitro groups is 1. The van der Waals surface area contributed by atoms with Gasteiger partial charge < -0.3 is 0 Å². The number of nitro benzene ring substituents is 1. The first-order valence-electron chi connectivity index (χ1n) is 8.54. The fourth-order valence-electron chi connectivity index (χ4n) is 3.22. The van der Waals surface area contributed by atoms with Crippen molar-refractivity contribution in [3.63, 3.8) is 0 Å². The van der Waals surface area contributed by atoms with E-state index < -0.39 is 0 Å². The number of hydrazone groups is 1. The lowest BCUT2D eigenvalue weighted by atomic mass is 9.98. The van der Waals surface area contributed by atoms with Crippen LogP contribution < -0.4 is 5.01 Å². The smallest absolute Gasteiger partial charge is 0.258 e. The maximum Gasteiger partial charge on any atom is 0.269 e. The molecule has 0 amide bonds. The lowest BCUT2D eigenvalue weighted by molar-refractivity contribution is -0.384. The third-order valence-electron chi connectivity index (χ3n) is 4.60. The van der Waals surface area contributed by atoms with Crippen molar-refractivity contribution < 1.29 is 4.92 Å². The topological polar surface area (TPSA) is 58.7 Å². The molecule has 0 saturated heterocycles. The van der Waals surface area contributed by atoms with Crippen LogP contribution in [0.1, 0.15) is 23.6 Å². The molecular weight excluding hydrogens is 362 g/mol. The minimum atomic E-state index is -0.386. The van der Waals surface area contributed by atoms with Crippen LogP contribution in [0, 0.1) is 10.1 Å². The summed E-state index contributed by atoms with van der Waals surface area (Å²) in [4.78, 5) is 10.6. The number of benzene rings is 3. The summed E-state index contributed by atoms with van der Waals surface area (Å²) in [5, 5.41) is 18.5. The highest BCUT2D eigenvalue weighted by Crippen LogP contribution is 2.37. The van der Waals surface area contributed by atoms with Crippen LogP contribution in [-0.2, 0) is 0 Å². The van der Waals surface area contributed by atoms with E-state index in [0.717, 1.165) is 22.5 Å². The van der Waals surface area contributed by atoms with Crippen LogP contribution in [0.25, 0.3) is 0 Å². The average molecular weight is 378 g/mol. The number of nitrogens with zero attached hydrogens (tertiary/aromatic N) is 3. The molecular formula is C21H16ClN3O2. The highest BCUT2D eigenvalue weighted by molar-refractivity contribution is 6.30. The fraction of sp³-hybridized carbons (Fsp3) is 0.0952. The first kappa shape index (κ1) is 17.2.